The van der Waals surface area contributed by atoms with Crippen LogP contribution < -0.4 is 15.5 Å². The van der Waals surface area contributed by atoms with Gasteiger partial charge in [-0.3, -0.25) is 4.98 Å². The van der Waals surface area contributed by atoms with E-state index in [1.807, 2.05) is 50.2 Å². The molecule has 122 valence electrons. The Morgan fingerprint density at radius 2 is 1.96 bits per heavy atom. The molecule has 0 aliphatic rings. The molecule has 0 radical (unpaired) electrons. The van der Waals surface area contributed by atoms with E-state index in [1.54, 1.807) is 18.6 Å². The second-order valence-corrected chi connectivity index (χ2v) is 5.45. The summed E-state index contributed by atoms with van der Waals surface area (Å²) in [7, 11) is 3.87. The lowest BCUT2D eigenvalue weighted by atomic mass is 10.1. The van der Waals surface area contributed by atoms with Crippen molar-refractivity contribution in [1.29, 1.82) is 0 Å². The summed E-state index contributed by atoms with van der Waals surface area (Å²) in [5.41, 5.74) is 2.03. The normalized spacial score (nSPS) is 11.6. The zero-order valence-electron chi connectivity index (χ0n) is 13.8. The Balaban J connectivity index is 1.95. The molecular formula is C17H23N5O. The van der Waals surface area contributed by atoms with Gasteiger partial charge in [-0.2, -0.15) is 0 Å². The molecule has 6 nitrogen and oxygen atoms in total. The van der Waals surface area contributed by atoms with Crippen LogP contribution in [0.2, 0.25) is 0 Å². The molecule has 0 spiro atoms. The molecule has 2 heterocycles. The monoisotopic (exact) mass is 313 g/mol. The van der Waals surface area contributed by atoms with Crippen LogP contribution in [-0.2, 0) is 6.54 Å². The van der Waals surface area contributed by atoms with Crippen LogP contribution in [0.4, 0.5) is 10.6 Å². The predicted octanol–water partition coefficient (Wildman–Crippen LogP) is 2.49. The number of urea groups is 1. The van der Waals surface area contributed by atoms with Gasteiger partial charge in [-0.25, -0.2) is 9.78 Å². The predicted molar refractivity (Wildman–Crippen MR) is 91.2 cm³/mol. The van der Waals surface area contributed by atoms with E-state index >= 15 is 0 Å². The van der Waals surface area contributed by atoms with Crippen molar-refractivity contribution in [3.05, 3.63) is 54.0 Å². The molecule has 0 aliphatic heterocycles. The number of aromatic nitrogens is 2. The largest absolute Gasteiger partial charge is 0.362 e. The Bertz CT molecular complexity index is 630. The quantitative estimate of drug-likeness (QED) is 0.859. The maximum Gasteiger partial charge on any atom is 0.315 e. The second-order valence-electron chi connectivity index (χ2n) is 5.45. The van der Waals surface area contributed by atoms with E-state index in [0.29, 0.717) is 6.54 Å². The minimum Gasteiger partial charge on any atom is -0.362 e. The second kappa shape index (κ2) is 8.12. The van der Waals surface area contributed by atoms with Crippen molar-refractivity contribution in [3.8, 4) is 0 Å². The summed E-state index contributed by atoms with van der Waals surface area (Å²) in [4.78, 5) is 22.4. The highest BCUT2D eigenvalue weighted by Crippen LogP contribution is 2.16. The van der Waals surface area contributed by atoms with Gasteiger partial charge in [0.15, 0.2) is 0 Å². The summed E-state index contributed by atoms with van der Waals surface area (Å²) in [6, 6.07) is 7.44. The number of nitrogens with one attached hydrogen (secondary N) is 2. The molecule has 2 aromatic heterocycles. The molecule has 0 bridgehead atoms. The third-order valence-corrected chi connectivity index (χ3v) is 3.55. The first-order valence-corrected chi connectivity index (χ1v) is 7.67. The molecule has 23 heavy (non-hydrogen) atoms. The first-order valence-electron chi connectivity index (χ1n) is 7.67. The van der Waals surface area contributed by atoms with Crippen LogP contribution in [0.1, 0.15) is 30.5 Å². The molecule has 1 atom stereocenters. The Kier molecular flexibility index (Phi) is 5.91. The highest BCUT2D eigenvalue weighted by molar-refractivity contribution is 5.74. The van der Waals surface area contributed by atoms with Crippen molar-refractivity contribution in [2.75, 3.05) is 19.0 Å². The standard InChI is InChI=1S/C17H23N5O/c1-4-15(13-7-10-18-11-8-13)21-17(23)20-12-14-6-5-9-19-16(14)22(2)3/h5-11,15H,4,12H2,1-3H3,(H2,20,21,23)/t15-/m0/s1. The van der Waals surface area contributed by atoms with E-state index in [1.165, 1.54) is 0 Å². The number of pyridine rings is 2. The van der Waals surface area contributed by atoms with Gasteiger partial charge in [-0.1, -0.05) is 13.0 Å². The molecule has 0 saturated heterocycles. The van der Waals surface area contributed by atoms with Crippen LogP contribution in [0.15, 0.2) is 42.9 Å². The molecule has 0 saturated carbocycles. The lowest BCUT2D eigenvalue weighted by Gasteiger charge is -2.19. The minimum atomic E-state index is -0.192. The van der Waals surface area contributed by atoms with Crippen molar-refractivity contribution < 1.29 is 4.79 Å². The van der Waals surface area contributed by atoms with Crippen LogP contribution in [0.3, 0.4) is 0 Å². The van der Waals surface area contributed by atoms with E-state index in [9.17, 15) is 4.79 Å². The van der Waals surface area contributed by atoms with Gasteiger partial charge in [0.1, 0.15) is 5.82 Å². The number of anilines is 1. The van der Waals surface area contributed by atoms with Crippen molar-refractivity contribution >= 4 is 11.8 Å². The molecule has 0 fully saturated rings. The van der Waals surface area contributed by atoms with E-state index in [-0.39, 0.29) is 12.1 Å². The van der Waals surface area contributed by atoms with E-state index in [4.69, 9.17) is 0 Å². The summed E-state index contributed by atoms with van der Waals surface area (Å²) in [5, 5.41) is 5.89. The number of carbonyl (C=O) groups excluding carboxylic acids is 1. The SMILES string of the molecule is CC[C@H](NC(=O)NCc1cccnc1N(C)C)c1ccncc1. The lowest BCUT2D eigenvalue weighted by Crippen LogP contribution is -2.37. The summed E-state index contributed by atoms with van der Waals surface area (Å²) in [5.74, 6) is 0.856. The Hall–Kier alpha value is -2.63. The fraction of sp³-hybridized carbons (Fsp3) is 0.353. The first kappa shape index (κ1) is 16.7. The molecule has 0 unspecified atom stereocenters. The average Bonchev–Trinajstić information content (AvgIpc) is 2.58. The fourth-order valence-corrected chi connectivity index (χ4v) is 2.37. The van der Waals surface area contributed by atoms with Gasteiger partial charge in [-0.05, 0) is 30.2 Å². The maximum atomic E-state index is 12.2. The van der Waals surface area contributed by atoms with Crippen molar-refractivity contribution in [1.82, 2.24) is 20.6 Å². The molecule has 6 heteroatoms. The first-order chi connectivity index (χ1) is 11.1. The highest BCUT2D eigenvalue weighted by Gasteiger charge is 2.13. The summed E-state index contributed by atoms with van der Waals surface area (Å²) in [6.07, 6.45) is 6.02. The summed E-state index contributed by atoms with van der Waals surface area (Å²) < 4.78 is 0. The Morgan fingerprint density at radius 3 is 2.61 bits per heavy atom. The van der Waals surface area contributed by atoms with Crippen LogP contribution in [0.25, 0.3) is 0 Å². The molecule has 2 rings (SSSR count). The molecule has 2 N–H and O–H groups in total. The molecule has 2 aromatic rings. The van der Waals surface area contributed by atoms with Gasteiger partial charge in [0, 0.05) is 44.8 Å². The number of rotatable bonds is 6. The van der Waals surface area contributed by atoms with Crippen molar-refractivity contribution in [2.45, 2.75) is 25.9 Å². The maximum absolute atomic E-state index is 12.2. The Morgan fingerprint density at radius 1 is 1.22 bits per heavy atom. The topological polar surface area (TPSA) is 70.2 Å². The molecule has 2 amide bonds. The molecular weight excluding hydrogens is 290 g/mol. The third kappa shape index (κ3) is 4.67. The zero-order valence-corrected chi connectivity index (χ0v) is 13.8. The van der Waals surface area contributed by atoms with Gasteiger partial charge in [0.2, 0.25) is 0 Å². The Labute approximate surface area is 137 Å². The van der Waals surface area contributed by atoms with Gasteiger partial charge in [0.05, 0.1) is 6.04 Å². The summed E-state index contributed by atoms with van der Waals surface area (Å²) in [6.45, 7) is 2.47. The van der Waals surface area contributed by atoms with Crippen LogP contribution in [0.5, 0.6) is 0 Å². The fourth-order valence-electron chi connectivity index (χ4n) is 2.37. The van der Waals surface area contributed by atoms with Crippen LogP contribution in [-0.4, -0.2) is 30.1 Å². The van der Waals surface area contributed by atoms with Gasteiger partial charge >= 0.3 is 6.03 Å². The van der Waals surface area contributed by atoms with Crippen LogP contribution >= 0.6 is 0 Å². The van der Waals surface area contributed by atoms with E-state index < -0.39 is 0 Å². The third-order valence-electron chi connectivity index (χ3n) is 3.55. The minimum absolute atomic E-state index is 0.0276. The molecule has 0 aliphatic carbocycles. The smallest absolute Gasteiger partial charge is 0.315 e. The van der Waals surface area contributed by atoms with Gasteiger partial charge in [-0.15, -0.1) is 0 Å². The van der Waals surface area contributed by atoms with E-state index in [2.05, 4.69) is 20.6 Å². The average molecular weight is 313 g/mol. The number of carbonyl (C=O) groups is 1. The number of amides is 2. The number of hydrogen-bond acceptors (Lipinski definition) is 4. The molecule has 0 aromatic carbocycles. The van der Waals surface area contributed by atoms with Crippen molar-refractivity contribution in [2.24, 2.45) is 0 Å². The lowest BCUT2D eigenvalue weighted by molar-refractivity contribution is 0.236. The zero-order chi connectivity index (χ0) is 16.7. The van der Waals surface area contributed by atoms with Gasteiger partial charge < -0.3 is 15.5 Å². The number of nitrogens with zero attached hydrogens (tertiary/aromatic N) is 3. The van der Waals surface area contributed by atoms with E-state index in [0.717, 1.165) is 23.4 Å². The van der Waals surface area contributed by atoms with Crippen molar-refractivity contribution in [3.63, 3.8) is 0 Å². The number of hydrogen-bond donors (Lipinski definition) is 2. The summed E-state index contributed by atoms with van der Waals surface area (Å²) >= 11 is 0. The highest BCUT2D eigenvalue weighted by atomic mass is 16.2. The van der Waals surface area contributed by atoms with Gasteiger partial charge in [0.25, 0.3) is 0 Å². The van der Waals surface area contributed by atoms with Crippen LogP contribution in [0, 0.1) is 0 Å².